The van der Waals surface area contributed by atoms with E-state index in [4.69, 9.17) is 5.73 Å². The molecule has 5 heteroatoms. The molecule has 82 valence electrons. The van der Waals surface area contributed by atoms with Gasteiger partial charge in [0.2, 0.25) is 5.91 Å². The number of nitrogens with zero attached hydrogens (tertiary/aromatic N) is 1. The summed E-state index contributed by atoms with van der Waals surface area (Å²) >= 11 is 3.23. The van der Waals surface area contributed by atoms with Crippen LogP contribution in [0.2, 0.25) is 0 Å². The second-order valence-corrected chi connectivity index (χ2v) is 4.28. The van der Waals surface area contributed by atoms with Crippen molar-refractivity contribution in [3.8, 4) is 5.75 Å². The lowest BCUT2D eigenvalue weighted by atomic mass is 10.2. The highest BCUT2D eigenvalue weighted by Gasteiger charge is 2.05. The van der Waals surface area contributed by atoms with Gasteiger partial charge in [0, 0.05) is 6.54 Å². The first-order valence-corrected chi connectivity index (χ1v) is 5.22. The molecule has 0 aliphatic heterocycles. The van der Waals surface area contributed by atoms with Gasteiger partial charge < -0.3 is 10.8 Å². The van der Waals surface area contributed by atoms with E-state index >= 15 is 0 Å². The van der Waals surface area contributed by atoms with Crippen LogP contribution < -0.4 is 5.73 Å². The van der Waals surface area contributed by atoms with E-state index in [1.54, 1.807) is 17.0 Å². The molecular weight excluding hydrogens is 260 g/mol. The maximum Gasteiger partial charge on any atom is 0.231 e. The van der Waals surface area contributed by atoms with Gasteiger partial charge in [-0.15, -0.1) is 0 Å². The number of nitrogens with two attached hydrogens (primary N) is 1. The summed E-state index contributed by atoms with van der Waals surface area (Å²) in [5.41, 5.74) is 6.07. The molecule has 1 aromatic carbocycles. The predicted octanol–water partition coefficient (Wildman–Crippen LogP) is 1.07. The van der Waals surface area contributed by atoms with Crippen molar-refractivity contribution in [2.24, 2.45) is 5.73 Å². The summed E-state index contributed by atoms with van der Waals surface area (Å²) in [5.74, 6) is -0.147. The Morgan fingerprint density at radius 1 is 1.60 bits per heavy atom. The zero-order valence-corrected chi connectivity index (χ0v) is 9.99. The fourth-order valence-electron chi connectivity index (χ4n) is 1.28. The molecule has 4 nitrogen and oxygen atoms in total. The first kappa shape index (κ1) is 12.0. The minimum Gasteiger partial charge on any atom is -0.507 e. The molecule has 0 aliphatic carbocycles. The van der Waals surface area contributed by atoms with Crippen molar-refractivity contribution < 1.29 is 9.90 Å². The van der Waals surface area contributed by atoms with E-state index in [0.717, 1.165) is 5.56 Å². The number of rotatable bonds is 4. The molecule has 1 rings (SSSR count). The molecule has 3 N–H and O–H groups in total. The number of benzene rings is 1. The molecule has 0 fully saturated rings. The van der Waals surface area contributed by atoms with E-state index in [2.05, 4.69) is 15.9 Å². The van der Waals surface area contributed by atoms with Gasteiger partial charge in [-0.2, -0.15) is 0 Å². The third-order valence-electron chi connectivity index (χ3n) is 1.89. The number of hydrogen-bond donors (Lipinski definition) is 2. The smallest absolute Gasteiger partial charge is 0.231 e. The van der Waals surface area contributed by atoms with Gasteiger partial charge in [-0.05, 0) is 40.7 Å². The number of hydrogen-bond acceptors (Lipinski definition) is 3. The molecule has 0 aromatic heterocycles. The van der Waals surface area contributed by atoms with Crippen LogP contribution in [0.3, 0.4) is 0 Å². The summed E-state index contributed by atoms with van der Waals surface area (Å²) in [5, 5.41) is 9.29. The number of carbonyl (C=O) groups excluding carboxylic acids is 1. The van der Waals surface area contributed by atoms with E-state index in [1.165, 1.54) is 0 Å². The lowest BCUT2D eigenvalue weighted by Gasteiger charge is -2.14. The fraction of sp³-hybridized carbons (Fsp3) is 0.300. The fourth-order valence-corrected chi connectivity index (χ4v) is 1.71. The van der Waals surface area contributed by atoms with Crippen molar-refractivity contribution >= 4 is 21.8 Å². The molecule has 0 bridgehead atoms. The lowest BCUT2D eigenvalue weighted by molar-refractivity contribution is -0.118. The third-order valence-corrected chi connectivity index (χ3v) is 2.53. The first-order valence-electron chi connectivity index (χ1n) is 4.43. The molecule has 1 amide bonds. The number of aromatic hydroxyl groups is 1. The van der Waals surface area contributed by atoms with Gasteiger partial charge in [0.15, 0.2) is 0 Å². The van der Waals surface area contributed by atoms with Crippen molar-refractivity contribution in [3.05, 3.63) is 28.2 Å². The van der Waals surface area contributed by atoms with Gasteiger partial charge in [0.1, 0.15) is 5.75 Å². The number of halogens is 1. The van der Waals surface area contributed by atoms with Crippen LogP contribution in [-0.2, 0) is 11.3 Å². The number of phenolic OH excluding ortho intramolecular Hbond substituents is 1. The van der Waals surface area contributed by atoms with E-state index < -0.39 is 0 Å². The molecule has 0 saturated carbocycles. The molecule has 0 atom stereocenters. The number of amides is 1. The third kappa shape index (κ3) is 3.89. The van der Waals surface area contributed by atoms with Crippen LogP contribution in [0.4, 0.5) is 0 Å². The number of phenols is 1. The van der Waals surface area contributed by atoms with Crippen molar-refractivity contribution in [3.63, 3.8) is 0 Å². The Morgan fingerprint density at radius 3 is 2.80 bits per heavy atom. The summed E-state index contributed by atoms with van der Waals surface area (Å²) in [7, 11) is 1.81. The maximum absolute atomic E-state index is 10.7. The largest absolute Gasteiger partial charge is 0.507 e. The minimum absolute atomic E-state index is 0.205. The zero-order chi connectivity index (χ0) is 11.4. The molecule has 0 heterocycles. The van der Waals surface area contributed by atoms with Crippen molar-refractivity contribution in [1.82, 2.24) is 4.90 Å². The lowest BCUT2D eigenvalue weighted by Crippen LogP contribution is -2.30. The van der Waals surface area contributed by atoms with E-state index in [0.29, 0.717) is 11.0 Å². The molecule has 0 aliphatic rings. The summed E-state index contributed by atoms with van der Waals surface area (Å²) in [6, 6.07) is 5.22. The normalized spacial score (nSPS) is 10.6. The maximum atomic E-state index is 10.7. The average Bonchev–Trinajstić information content (AvgIpc) is 2.10. The summed E-state index contributed by atoms with van der Waals surface area (Å²) in [6.45, 7) is 0.834. The molecular formula is C10H13BrN2O2. The van der Waals surface area contributed by atoms with Gasteiger partial charge in [-0.3, -0.25) is 9.69 Å². The second-order valence-electron chi connectivity index (χ2n) is 3.42. The van der Waals surface area contributed by atoms with Gasteiger partial charge in [-0.25, -0.2) is 0 Å². The van der Waals surface area contributed by atoms with Crippen molar-refractivity contribution in [2.75, 3.05) is 13.6 Å². The van der Waals surface area contributed by atoms with Gasteiger partial charge in [0.05, 0.1) is 11.0 Å². The summed E-state index contributed by atoms with van der Waals surface area (Å²) in [6.07, 6.45) is 0. The Balaban J connectivity index is 2.64. The standard InChI is InChI=1S/C10H13BrN2O2/c1-13(6-10(12)15)5-7-2-3-9(14)8(11)4-7/h2-4,14H,5-6H2,1H3,(H2,12,15). The van der Waals surface area contributed by atoms with Gasteiger partial charge in [-0.1, -0.05) is 6.07 Å². The Kier molecular flexibility index (Phi) is 4.11. The SMILES string of the molecule is CN(CC(N)=O)Cc1ccc(O)c(Br)c1. The quantitative estimate of drug-likeness (QED) is 0.862. The van der Waals surface area contributed by atoms with Crippen molar-refractivity contribution in [2.45, 2.75) is 6.54 Å². The number of carbonyl (C=O) groups is 1. The molecule has 0 saturated heterocycles. The predicted molar refractivity (Wildman–Crippen MR) is 61.3 cm³/mol. The second kappa shape index (κ2) is 5.14. The van der Waals surface area contributed by atoms with Crippen LogP contribution in [0.1, 0.15) is 5.56 Å². The molecule has 0 spiro atoms. The van der Waals surface area contributed by atoms with Crippen LogP contribution in [0, 0.1) is 0 Å². The van der Waals surface area contributed by atoms with Gasteiger partial charge >= 0.3 is 0 Å². The van der Waals surface area contributed by atoms with Crippen LogP contribution >= 0.6 is 15.9 Å². The van der Waals surface area contributed by atoms with Crippen molar-refractivity contribution in [1.29, 1.82) is 0 Å². The number of primary amides is 1. The zero-order valence-electron chi connectivity index (χ0n) is 8.40. The van der Waals surface area contributed by atoms with E-state index in [9.17, 15) is 9.90 Å². The molecule has 0 radical (unpaired) electrons. The average molecular weight is 273 g/mol. The minimum atomic E-state index is -0.352. The Morgan fingerprint density at radius 2 is 2.27 bits per heavy atom. The molecule has 15 heavy (non-hydrogen) atoms. The van der Waals surface area contributed by atoms with E-state index in [1.807, 2.05) is 13.1 Å². The Labute approximate surface area is 96.8 Å². The first-order chi connectivity index (χ1) is 6.99. The van der Waals surface area contributed by atoms with Crippen LogP contribution in [-0.4, -0.2) is 29.5 Å². The summed E-state index contributed by atoms with van der Waals surface area (Å²) in [4.78, 5) is 12.5. The molecule has 1 aromatic rings. The highest BCUT2D eigenvalue weighted by atomic mass is 79.9. The topological polar surface area (TPSA) is 66.6 Å². The van der Waals surface area contributed by atoms with E-state index in [-0.39, 0.29) is 18.2 Å². The van der Waals surface area contributed by atoms with Crippen LogP contribution in [0.15, 0.2) is 22.7 Å². The highest BCUT2D eigenvalue weighted by molar-refractivity contribution is 9.10. The van der Waals surface area contributed by atoms with Gasteiger partial charge in [0.25, 0.3) is 0 Å². The Bertz CT molecular complexity index is 368. The van der Waals surface area contributed by atoms with Crippen LogP contribution in [0.5, 0.6) is 5.75 Å². The number of likely N-dealkylation sites (N-methyl/N-ethyl adjacent to an activating group) is 1. The summed E-state index contributed by atoms with van der Waals surface area (Å²) < 4.78 is 0.646. The molecule has 0 unspecified atom stereocenters. The highest BCUT2D eigenvalue weighted by Crippen LogP contribution is 2.24. The monoisotopic (exact) mass is 272 g/mol. The van der Waals surface area contributed by atoms with Crippen LogP contribution in [0.25, 0.3) is 0 Å². The Hall–Kier alpha value is -1.07.